The highest BCUT2D eigenvalue weighted by atomic mass is 32.1. The minimum atomic E-state index is 0.180. The number of morpholine rings is 1. The van der Waals surface area contributed by atoms with Gasteiger partial charge in [-0.25, -0.2) is 0 Å². The Bertz CT molecular complexity index is 669. The zero-order chi connectivity index (χ0) is 17.5. The predicted molar refractivity (Wildman–Crippen MR) is 106 cm³/mol. The van der Waals surface area contributed by atoms with Crippen LogP contribution in [0.5, 0.6) is 0 Å². The summed E-state index contributed by atoms with van der Waals surface area (Å²) in [5, 5.41) is 7.45. The average molecular weight is 357 g/mol. The van der Waals surface area contributed by atoms with E-state index in [-0.39, 0.29) is 6.04 Å². The Morgan fingerprint density at radius 3 is 2.44 bits per heavy atom. The van der Waals surface area contributed by atoms with Crippen molar-refractivity contribution in [1.82, 2.24) is 5.32 Å². The quantitative estimate of drug-likeness (QED) is 0.716. The molecule has 1 fully saturated rings. The first-order valence-corrected chi connectivity index (χ1v) is 9.22. The van der Waals surface area contributed by atoms with Gasteiger partial charge in [0.15, 0.2) is 5.11 Å². The molecule has 0 aromatic heterocycles. The highest BCUT2D eigenvalue weighted by Crippen LogP contribution is 2.13. The van der Waals surface area contributed by atoms with Gasteiger partial charge in [-0.15, -0.1) is 0 Å². The second-order valence-electron chi connectivity index (χ2n) is 6.49. The molecule has 1 saturated heterocycles. The molecule has 0 aliphatic carbocycles. The lowest BCUT2D eigenvalue weighted by Crippen LogP contribution is -3.14. The van der Waals surface area contributed by atoms with Crippen molar-refractivity contribution in [2.24, 2.45) is 0 Å². The third-order valence-electron chi connectivity index (χ3n) is 4.51. The Labute approximate surface area is 155 Å². The van der Waals surface area contributed by atoms with E-state index in [1.807, 2.05) is 18.2 Å². The Morgan fingerprint density at radius 1 is 1.08 bits per heavy atom. The molecule has 1 aliphatic heterocycles. The van der Waals surface area contributed by atoms with Crippen molar-refractivity contribution in [1.29, 1.82) is 0 Å². The molecule has 0 saturated carbocycles. The van der Waals surface area contributed by atoms with Crippen LogP contribution in [-0.4, -0.2) is 38.0 Å². The van der Waals surface area contributed by atoms with E-state index in [2.05, 4.69) is 54.0 Å². The van der Waals surface area contributed by atoms with Crippen LogP contribution in [0.4, 0.5) is 5.69 Å². The summed E-state index contributed by atoms with van der Waals surface area (Å²) in [7, 11) is 0. The average Bonchev–Trinajstić information content (AvgIpc) is 2.65. The molecular weight excluding hydrogens is 330 g/mol. The second kappa shape index (κ2) is 8.94. The van der Waals surface area contributed by atoms with Crippen LogP contribution < -0.4 is 15.5 Å². The number of aryl methyl sites for hydroxylation is 1. The third-order valence-corrected chi connectivity index (χ3v) is 4.73. The van der Waals surface area contributed by atoms with Gasteiger partial charge in [-0.05, 0) is 36.8 Å². The van der Waals surface area contributed by atoms with Crippen molar-refractivity contribution in [2.75, 3.05) is 38.2 Å². The van der Waals surface area contributed by atoms with Crippen LogP contribution in [0.1, 0.15) is 17.2 Å². The van der Waals surface area contributed by atoms with Crippen molar-refractivity contribution in [3.63, 3.8) is 0 Å². The van der Waals surface area contributed by atoms with E-state index in [0.717, 1.165) is 38.5 Å². The normalized spacial score (nSPS) is 16.2. The van der Waals surface area contributed by atoms with Gasteiger partial charge in [0.2, 0.25) is 0 Å². The van der Waals surface area contributed by atoms with Gasteiger partial charge in [0.05, 0.1) is 13.2 Å². The summed E-state index contributed by atoms with van der Waals surface area (Å²) in [4.78, 5) is 1.55. The van der Waals surface area contributed by atoms with Crippen molar-refractivity contribution < 1.29 is 9.64 Å². The standard InChI is InChI=1S/C20H25N3OS/c1-16-7-9-18(10-8-16)21-20(25)22-19(17-5-3-2-4-6-17)15-23-11-13-24-14-12-23/h2-10,19H,11-15H2,1H3,(H2,21,22,25)/p+1/t19-/m1/s1. The third kappa shape index (κ3) is 5.53. The molecule has 0 unspecified atom stereocenters. The van der Waals surface area contributed by atoms with Crippen LogP contribution >= 0.6 is 12.2 Å². The molecule has 2 aromatic rings. The van der Waals surface area contributed by atoms with Crippen molar-refractivity contribution >= 4 is 23.0 Å². The Balaban J connectivity index is 1.65. The zero-order valence-electron chi connectivity index (χ0n) is 14.6. The van der Waals surface area contributed by atoms with Gasteiger partial charge in [-0.3, -0.25) is 0 Å². The summed E-state index contributed by atoms with van der Waals surface area (Å²) in [5.41, 5.74) is 3.51. The molecule has 25 heavy (non-hydrogen) atoms. The topological polar surface area (TPSA) is 37.7 Å². The molecule has 3 rings (SSSR count). The molecule has 5 heteroatoms. The fourth-order valence-electron chi connectivity index (χ4n) is 3.05. The van der Waals surface area contributed by atoms with Crippen LogP contribution in [0, 0.1) is 6.92 Å². The smallest absolute Gasteiger partial charge is 0.171 e. The Hall–Kier alpha value is -1.95. The van der Waals surface area contributed by atoms with Crippen LogP contribution in [0.15, 0.2) is 54.6 Å². The molecule has 4 nitrogen and oxygen atoms in total. The Morgan fingerprint density at radius 2 is 1.76 bits per heavy atom. The monoisotopic (exact) mass is 356 g/mol. The molecule has 0 radical (unpaired) electrons. The number of quaternary nitrogens is 1. The van der Waals surface area contributed by atoms with E-state index in [9.17, 15) is 0 Å². The van der Waals surface area contributed by atoms with E-state index >= 15 is 0 Å². The highest BCUT2D eigenvalue weighted by Gasteiger charge is 2.22. The number of anilines is 1. The largest absolute Gasteiger partial charge is 0.370 e. The summed E-state index contributed by atoms with van der Waals surface area (Å²) < 4.78 is 5.48. The lowest BCUT2D eigenvalue weighted by atomic mass is 10.1. The maximum atomic E-state index is 5.56. The van der Waals surface area contributed by atoms with Gasteiger partial charge in [0.25, 0.3) is 0 Å². The summed E-state index contributed by atoms with van der Waals surface area (Å²) >= 11 is 5.56. The first-order valence-electron chi connectivity index (χ1n) is 8.81. The van der Waals surface area contributed by atoms with Crippen LogP contribution in [-0.2, 0) is 4.74 Å². The highest BCUT2D eigenvalue weighted by molar-refractivity contribution is 7.80. The van der Waals surface area contributed by atoms with E-state index in [1.165, 1.54) is 11.1 Å². The molecule has 0 spiro atoms. The van der Waals surface area contributed by atoms with E-state index in [1.54, 1.807) is 4.90 Å². The fourth-order valence-corrected chi connectivity index (χ4v) is 3.31. The maximum absolute atomic E-state index is 5.56. The lowest BCUT2D eigenvalue weighted by molar-refractivity contribution is -0.909. The summed E-state index contributed by atoms with van der Waals surface area (Å²) in [6.07, 6.45) is 0. The molecule has 1 aliphatic rings. The minimum Gasteiger partial charge on any atom is -0.370 e. The van der Waals surface area contributed by atoms with Crippen LogP contribution in [0.2, 0.25) is 0 Å². The second-order valence-corrected chi connectivity index (χ2v) is 6.90. The molecule has 0 bridgehead atoms. The molecule has 0 amide bonds. The van der Waals surface area contributed by atoms with Gasteiger partial charge in [-0.2, -0.15) is 0 Å². The first kappa shape index (κ1) is 17.9. The number of benzene rings is 2. The molecule has 1 atom stereocenters. The number of ether oxygens (including phenoxy) is 1. The van der Waals surface area contributed by atoms with Gasteiger partial charge in [0, 0.05) is 5.69 Å². The van der Waals surface area contributed by atoms with Crippen molar-refractivity contribution in [3.05, 3.63) is 65.7 Å². The predicted octanol–water partition coefficient (Wildman–Crippen LogP) is 1.94. The number of hydrogen-bond acceptors (Lipinski definition) is 2. The summed E-state index contributed by atoms with van der Waals surface area (Å²) in [6, 6.07) is 19.0. The van der Waals surface area contributed by atoms with Gasteiger partial charge in [-0.1, -0.05) is 48.0 Å². The zero-order valence-corrected chi connectivity index (χ0v) is 15.4. The van der Waals surface area contributed by atoms with E-state index < -0.39 is 0 Å². The van der Waals surface area contributed by atoms with Gasteiger partial charge in [0.1, 0.15) is 25.7 Å². The molecule has 2 aromatic carbocycles. The first-order chi connectivity index (χ1) is 12.2. The van der Waals surface area contributed by atoms with Crippen LogP contribution in [0.25, 0.3) is 0 Å². The van der Waals surface area contributed by atoms with Crippen molar-refractivity contribution in [2.45, 2.75) is 13.0 Å². The lowest BCUT2D eigenvalue weighted by Gasteiger charge is -2.29. The van der Waals surface area contributed by atoms with E-state index in [0.29, 0.717) is 5.11 Å². The molecular formula is C20H26N3OS+. The number of rotatable bonds is 5. The molecule has 3 N–H and O–H groups in total. The minimum absolute atomic E-state index is 0.180. The molecule has 132 valence electrons. The van der Waals surface area contributed by atoms with Crippen LogP contribution in [0.3, 0.4) is 0 Å². The maximum Gasteiger partial charge on any atom is 0.171 e. The van der Waals surface area contributed by atoms with Crippen molar-refractivity contribution in [3.8, 4) is 0 Å². The van der Waals surface area contributed by atoms with Gasteiger partial charge >= 0.3 is 0 Å². The number of hydrogen-bond donors (Lipinski definition) is 3. The number of thiocarbonyl (C=S) groups is 1. The summed E-state index contributed by atoms with van der Waals surface area (Å²) in [5.74, 6) is 0. The van der Waals surface area contributed by atoms with Gasteiger partial charge < -0.3 is 20.3 Å². The number of nitrogens with one attached hydrogen (secondary N) is 3. The molecule has 1 heterocycles. The summed E-state index contributed by atoms with van der Waals surface area (Å²) in [6.45, 7) is 6.83. The SMILES string of the molecule is Cc1ccc(NC(=S)N[C@H](C[NH+]2CCOCC2)c2ccccc2)cc1. The van der Waals surface area contributed by atoms with E-state index in [4.69, 9.17) is 17.0 Å². The Kier molecular flexibility index (Phi) is 6.39. The fraction of sp³-hybridized carbons (Fsp3) is 0.350.